The Morgan fingerprint density at radius 2 is 1.71 bits per heavy atom. The van der Waals surface area contributed by atoms with E-state index in [2.05, 4.69) is 10.6 Å². The highest BCUT2D eigenvalue weighted by Crippen LogP contribution is 2.36. The van der Waals surface area contributed by atoms with E-state index in [0.717, 1.165) is 4.90 Å². The van der Waals surface area contributed by atoms with Gasteiger partial charge in [0.1, 0.15) is 11.5 Å². The molecule has 35 heavy (non-hydrogen) atoms. The molecule has 1 aliphatic carbocycles. The number of benzene rings is 2. The molecule has 186 valence electrons. The number of carbonyl (C=O) groups excluding carboxylic acids is 2. The summed E-state index contributed by atoms with van der Waals surface area (Å²) in [4.78, 5) is 37.8. The molecule has 1 aliphatic rings. The molecule has 0 heterocycles. The number of amides is 2. The van der Waals surface area contributed by atoms with Gasteiger partial charge in [0, 0.05) is 16.6 Å². The van der Waals surface area contributed by atoms with Crippen LogP contribution in [0, 0.1) is 11.8 Å². The monoisotopic (exact) mass is 518 g/mol. The van der Waals surface area contributed by atoms with Crippen molar-refractivity contribution in [1.29, 1.82) is 0 Å². The molecule has 3 N–H and O–H groups in total. The molecule has 2 aromatic rings. The van der Waals surface area contributed by atoms with Crippen molar-refractivity contribution >= 4 is 52.5 Å². The zero-order chi connectivity index (χ0) is 25.5. The second-order valence-corrected chi connectivity index (χ2v) is 9.77. The lowest BCUT2D eigenvalue weighted by molar-refractivity contribution is -0.146. The van der Waals surface area contributed by atoms with E-state index in [1.54, 1.807) is 43.3 Å². The molecule has 8 nitrogen and oxygen atoms in total. The van der Waals surface area contributed by atoms with Crippen LogP contribution < -0.4 is 20.1 Å². The lowest BCUT2D eigenvalue weighted by Crippen LogP contribution is -2.34. The highest BCUT2D eigenvalue weighted by atomic mass is 35.5. The first-order valence-corrected chi connectivity index (χ1v) is 12.2. The summed E-state index contributed by atoms with van der Waals surface area (Å²) in [5.74, 6) is -2.11. The first-order chi connectivity index (χ1) is 16.7. The second kappa shape index (κ2) is 12.0. The van der Waals surface area contributed by atoms with E-state index in [4.69, 9.17) is 21.1 Å². The molecular formula is C25H27ClN2O6S. The molecular weight excluding hydrogens is 492 g/mol. The summed E-state index contributed by atoms with van der Waals surface area (Å²) >= 11 is 7.50. The zero-order valence-corrected chi connectivity index (χ0v) is 21.1. The SMILES string of the molecule is COc1cc(OC)c(NC(=O)C(C)Sc2cccc(NC(=O)C3CC=CCC3C(=O)O)c2)cc1Cl. The topological polar surface area (TPSA) is 114 Å². The fraction of sp³-hybridized carbons (Fsp3) is 0.320. The van der Waals surface area contributed by atoms with Gasteiger partial charge in [0.05, 0.1) is 42.0 Å². The summed E-state index contributed by atoms with van der Waals surface area (Å²) in [6.45, 7) is 1.76. The molecule has 0 aromatic heterocycles. The first kappa shape index (κ1) is 26.4. The molecule has 0 fully saturated rings. The van der Waals surface area contributed by atoms with Gasteiger partial charge in [-0.25, -0.2) is 0 Å². The van der Waals surface area contributed by atoms with E-state index in [1.807, 2.05) is 12.1 Å². The Hall–Kier alpha value is -3.17. The summed E-state index contributed by atoms with van der Waals surface area (Å²) in [7, 11) is 2.98. The van der Waals surface area contributed by atoms with Crippen LogP contribution in [0.25, 0.3) is 0 Å². The summed E-state index contributed by atoms with van der Waals surface area (Å²) in [6.07, 6.45) is 4.34. The predicted octanol–water partition coefficient (Wildman–Crippen LogP) is 5.08. The van der Waals surface area contributed by atoms with E-state index < -0.39 is 23.1 Å². The molecule has 0 aliphatic heterocycles. The Morgan fingerprint density at radius 1 is 1.03 bits per heavy atom. The van der Waals surface area contributed by atoms with Crippen molar-refractivity contribution in [3.05, 3.63) is 53.6 Å². The van der Waals surface area contributed by atoms with Gasteiger partial charge in [0.25, 0.3) is 0 Å². The maximum Gasteiger partial charge on any atom is 0.307 e. The lowest BCUT2D eigenvalue weighted by Gasteiger charge is -2.24. The van der Waals surface area contributed by atoms with Gasteiger partial charge in [-0.2, -0.15) is 0 Å². The van der Waals surface area contributed by atoms with Gasteiger partial charge < -0.3 is 25.2 Å². The van der Waals surface area contributed by atoms with Gasteiger partial charge in [-0.05, 0) is 44.0 Å². The number of nitrogens with one attached hydrogen (secondary N) is 2. The number of anilines is 2. The van der Waals surface area contributed by atoms with Gasteiger partial charge in [-0.1, -0.05) is 29.8 Å². The average Bonchev–Trinajstić information content (AvgIpc) is 2.84. The molecule has 3 unspecified atom stereocenters. The number of allylic oxidation sites excluding steroid dienone is 2. The number of hydrogen-bond donors (Lipinski definition) is 3. The third-order valence-electron chi connectivity index (χ3n) is 5.60. The van der Waals surface area contributed by atoms with Crippen LogP contribution in [0.3, 0.4) is 0 Å². The normalized spacial score (nSPS) is 17.8. The van der Waals surface area contributed by atoms with Gasteiger partial charge >= 0.3 is 5.97 Å². The Morgan fingerprint density at radius 3 is 2.37 bits per heavy atom. The van der Waals surface area contributed by atoms with Crippen LogP contribution >= 0.6 is 23.4 Å². The summed E-state index contributed by atoms with van der Waals surface area (Å²) in [6, 6.07) is 10.2. The van der Waals surface area contributed by atoms with Crippen LogP contribution in [0.15, 0.2) is 53.4 Å². The number of hydrogen-bond acceptors (Lipinski definition) is 6. The maximum absolute atomic E-state index is 12.8. The number of carbonyl (C=O) groups is 3. The molecule has 0 spiro atoms. The predicted molar refractivity (Wildman–Crippen MR) is 137 cm³/mol. The minimum Gasteiger partial charge on any atom is -0.495 e. The van der Waals surface area contributed by atoms with Crippen molar-refractivity contribution in [3.63, 3.8) is 0 Å². The standard InChI is InChI=1S/C25H27ClN2O6S/c1-14(23(29)28-20-12-19(26)21(33-2)13-22(20)34-3)35-16-8-6-7-15(11-16)27-24(30)17-9-4-5-10-18(17)25(31)32/h4-8,11-14,17-18H,9-10H2,1-3H3,(H,27,30)(H,28,29)(H,31,32). The minimum absolute atomic E-state index is 0.262. The molecule has 0 saturated heterocycles. The van der Waals surface area contributed by atoms with Crippen LogP contribution in [0.4, 0.5) is 11.4 Å². The van der Waals surface area contributed by atoms with E-state index in [1.165, 1.54) is 26.0 Å². The van der Waals surface area contributed by atoms with Crippen LogP contribution in [-0.2, 0) is 14.4 Å². The van der Waals surface area contributed by atoms with Crippen molar-refractivity contribution in [1.82, 2.24) is 0 Å². The smallest absolute Gasteiger partial charge is 0.307 e. The van der Waals surface area contributed by atoms with Gasteiger partial charge in [-0.15, -0.1) is 11.8 Å². The highest BCUT2D eigenvalue weighted by Gasteiger charge is 2.34. The summed E-state index contributed by atoms with van der Waals surface area (Å²) in [5.41, 5.74) is 0.959. The number of thioether (sulfide) groups is 1. The van der Waals surface area contributed by atoms with E-state index >= 15 is 0 Å². The average molecular weight is 519 g/mol. The molecule has 10 heteroatoms. The third kappa shape index (κ3) is 6.70. The zero-order valence-electron chi connectivity index (χ0n) is 19.5. The second-order valence-electron chi connectivity index (χ2n) is 7.95. The van der Waals surface area contributed by atoms with Crippen LogP contribution in [0.5, 0.6) is 11.5 Å². The van der Waals surface area contributed by atoms with Crippen molar-refractivity contribution < 1.29 is 29.0 Å². The van der Waals surface area contributed by atoms with E-state index in [9.17, 15) is 19.5 Å². The fourth-order valence-electron chi connectivity index (χ4n) is 3.71. The van der Waals surface area contributed by atoms with Gasteiger partial charge in [0.2, 0.25) is 11.8 Å². The number of carboxylic acid groups (broad SMARTS) is 1. The molecule has 0 bridgehead atoms. The van der Waals surface area contributed by atoms with Crippen LogP contribution in [-0.4, -0.2) is 42.4 Å². The number of ether oxygens (including phenoxy) is 2. The molecule has 3 atom stereocenters. The Bertz CT molecular complexity index is 1140. The Labute approximate surface area is 213 Å². The van der Waals surface area contributed by atoms with Crippen molar-refractivity contribution in [2.45, 2.75) is 29.9 Å². The number of aliphatic carboxylic acids is 1. The third-order valence-corrected chi connectivity index (χ3v) is 6.99. The largest absolute Gasteiger partial charge is 0.495 e. The maximum atomic E-state index is 12.8. The number of halogens is 1. The Balaban J connectivity index is 1.65. The van der Waals surface area contributed by atoms with Gasteiger partial charge in [0.15, 0.2) is 0 Å². The number of rotatable bonds is 9. The van der Waals surface area contributed by atoms with Crippen LogP contribution in [0.2, 0.25) is 5.02 Å². The van der Waals surface area contributed by atoms with E-state index in [0.29, 0.717) is 40.7 Å². The quantitative estimate of drug-likeness (QED) is 0.313. The molecule has 2 aromatic carbocycles. The van der Waals surface area contributed by atoms with Crippen molar-refractivity contribution in [2.24, 2.45) is 11.8 Å². The molecule has 0 radical (unpaired) electrons. The number of methoxy groups -OCH3 is 2. The fourth-order valence-corrected chi connectivity index (χ4v) is 4.88. The van der Waals surface area contributed by atoms with Crippen molar-refractivity contribution in [3.8, 4) is 11.5 Å². The lowest BCUT2D eigenvalue weighted by atomic mass is 9.82. The van der Waals surface area contributed by atoms with Crippen molar-refractivity contribution in [2.75, 3.05) is 24.9 Å². The summed E-state index contributed by atoms with van der Waals surface area (Å²) in [5, 5.41) is 14.9. The van der Waals surface area contributed by atoms with Gasteiger partial charge in [-0.3, -0.25) is 14.4 Å². The molecule has 0 saturated carbocycles. The highest BCUT2D eigenvalue weighted by molar-refractivity contribution is 8.00. The molecule has 2 amide bonds. The van der Waals surface area contributed by atoms with Crippen LogP contribution in [0.1, 0.15) is 19.8 Å². The molecule has 3 rings (SSSR count). The number of carboxylic acids is 1. The first-order valence-electron chi connectivity index (χ1n) is 10.9. The Kier molecular flexibility index (Phi) is 9.06. The van der Waals surface area contributed by atoms with E-state index in [-0.39, 0.29) is 11.8 Å². The minimum atomic E-state index is -0.978. The summed E-state index contributed by atoms with van der Waals surface area (Å²) < 4.78 is 10.5.